The minimum absolute atomic E-state index is 0.0196. The molecular weight excluding hydrogens is 250 g/mol. The minimum Gasteiger partial charge on any atom is -0.493 e. The summed E-state index contributed by atoms with van der Waals surface area (Å²) < 4.78 is 11.4. The van der Waals surface area contributed by atoms with E-state index in [1.165, 1.54) is 21.1 Å². The van der Waals surface area contributed by atoms with Crippen molar-refractivity contribution >= 4 is 22.7 Å². The van der Waals surface area contributed by atoms with Crippen LogP contribution < -0.4 is 15.2 Å². The molecule has 2 aromatic rings. The van der Waals surface area contributed by atoms with Crippen LogP contribution in [0.15, 0.2) is 12.1 Å². The third-order valence-corrected chi connectivity index (χ3v) is 2.72. The van der Waals surface area contributed by atoms with Crippen LogP contribution in [0.1, 0.15) is 22.2 Å². The van der Waals surface area contributed by atoms with Crippen molar-refractivity contribution in [1.82, 2.24) is 9.78 Å². The molecule has 7 heteroatoms. The number of aromatic nitrogens is 2. The Kier molecular flexibility index (Phi) is 3.12. The lowest BCUT2D eigenvalue weighted by molar-refractivity contribution is 0.0925. The van der Waals surface area contributed by atoms with Gasteiger partial charge in [-0.05, 0) is 6.07 Å². The number of amides is 1. The van der Waals surface area contributed by atoms with Crippen LogP contribution in [0.4, 0.5) is 0 Å². The SMILES string of the molecule is COc1cc2c(C(N)=O)nn(C(C)=O)c2cc1OC. The summed E-state index contributed by atoms with van der Waals surface area (Å²) in [5.74, 6) is -0.170. The molecule has 1 amide bonds. The summed E-state index contributed by atoms with van der Waals surface area (Å²) in [6.45, 7) is 1.34. The molecule has 2 N–H and O–H groups in total. The summed E-state index contributed by atoms with van der Waals surface area (Å²) >= 11 is 0. The molecule has 0 fully saturated rings. The summed E-state index contributed by atoms with van der Waals surface area (Å²) in [6, 6.07) is 3.15. The highest BCUT2D eigenvalue weighted by Gasteiger charge is 2.20. The highest BCUT2D eigenvalue weighted by atomic mass is 16.5. The van der Waals surface area contributed by atoms with Crippen LogP contribution in [0.25, 0.3) is 10.9 Å². The molecule has 0 saturated heterocycles. The van der Waals surface area contributed by atoms with Gasteiger partial charge in [0.2, 0.25) is 5.91 Å². The molecule has 1 aromatic heterocycles. The van der Waals surface area contributed by atoms with E-state index >= 15 is 0 Å². The van der Waals surface area contributed by atoms with E-state index < -0.39 is 5.91 Å². The molecule has 1 aromatic carbocycles. The van der Waals surface area contributed by atoms with Crippen LogP contribution in [0, 0.1) is 0 Å². The lowest BCUT2D eigenvalue weighted by Crippen LogP contribution is -2.14. The average Bonchev–Trinajstić information content (AvgIpc) is 2.75. The summed E-state index contributed by atoms with van der Waals surface area (Å²) in [6.07, 6.45) is 0. The number of fused-ring (bicyclic) bond motifs is 1. The fraction of sp³-hybridized carbons (Fsp3) is 0.250. The van der Waals surface area contributed by atoms with E-state index in [0.29, 0.717) is 22.4 Å². The predicted octanol–water partition coefficient (Wildman–Crippen LogP) is 0.812. The number of carbonyl (C=O) groups excluding carboxylic acids is 2. The normalized spacial score (nSPS) is 10.5. The first-order valence-electron chi connectivity index (χ1n) is 5.45. The number of methoxy groups -OCH3 is 2. The summed E-state index contributed by atoms with van der Waals surface area (Å²) in [5.41, 5.74) is 5.72. The number of nitrogens with zero attached hydrogens (tertiary/aromatic N) is 2. The summed E-state index contributed by atoms with van der Waals surface area (Å²) in [7, 11) is 2.95. The largest absolute Gasteiger partial charge is 0.493 e. The molecule has 0 aliphatic heterocycles. The molecule has 0 aliphatic rings. The molecule has 0 atom stereocenters. The Morgan fingerprint density at radius 1 is 1.21 bits per heavy atom. The van der Waals surface area contributed by atoms with Crippen molar-refractivity contribution in [3.63, 3.8) is 0 Å². The van der Waals surface area contributed by atoms with Crippen LogP contribution in [0.2, 0.25) is 0 Å². The zero-order chi connectivity index (χ0) is 14.2. The smallest absolute Gasteiger partial charge is 0.269 e. The molecular formula is C12H13N3O4. The van der Waals surface area contributed by atoms with E-state index in [1.807, 2.05) is 0 Å². The van der Waals surface area contributed by atoms with Gasteiger partial charge < -0.3 is 15.2 Å². The maximum Gasteiger partial charge on any atom is 0.269 e. The molecule has 0 saturated carbocycles. The van der Waals surface area contributed by atoms with Crippen molar-refractivity contribution in [3.05, 3.63) is 17.8 Å². The van der Waals surface area contributed by atoms with Crippen LogP contribution in [0.3, 0.4) is 0 Å². The number of benzene rings is 1. The second-order valence-corrected chi connectivity index (χ2v) is 3.87. The Morgan fingerprint density at radius 3 is 2.26 bits per heavy atom. The van der Waals surface area contributed by atoms with Crippen molar-refractivity contribution in [3.8, 4) is 11.5 Å². The molecule has 0 aliphatic carbocycles. The summed E-state index contributed by atoms with van der Waals surface area (Å²) in [4.78, 5) is 22.9. The molecule has 0 unspecified atom stereocenters. The van der Waals surface area contributed by atoms with Gasteiger partial charge in [-0.2, -0.15) is 9.78 Å². The van der Waals surface area contributed by atoms with Crippen molar-refractivity contribution in [1.29, 1.82) is 0 Å². The molecule has 2 rings (SSSR count). The van der Waals surface area contributed by atoms with E-state index in [-0.39, 0.29) is 11.6 Å². The molecule has 0 spiro atoms. The number of ether oxygens (including phenoxy) is 2. The zero-order valence-corrected chi connectivity index (χ0v) is 10.8. The van der Waals surface area contributed by atoms with Gasteiger partial charge in [0.25, 0.3) is 5.91 Å². The van der Waals surface area contributed by atoms with Gasteiger partial charge in [0, 0.05) is 18.4 Å². The highest BCUT2D eigenvalue weighted by molar-refractivity contribution is 6.07. The van der Waals surface area contributed by atoms with Gasteiger partial charge in [0.15, 0.2) is 17.2 Å². The van der Waals surface area contributed by atoms with Crippen LogP contribution in [-0.4, -0.2) is 35.8 Å². The lowest BCUT2D eigenvalue weighted by Gasteiger charge is -2.07. The van der Waals surface area contributed by atoms with E-state index in [1.54, 1.807) is 12.1 Å². The highest BCUT2D eigenvalue weighted by Crippen LogP contribution is 2.33. The van der Waals surface area contributed by atoms with Gasteiger partial charge >= 0.3 is 0 Å². The number of hydrogen-bond acceptors (Lipinski definition) is 5. The minimum atomic E-state index is -0.711. The number of carbonyl (C=O) groups is 2. The van der Waals surface area contributed by atoms with Gasteiger partial charge in [0.05, 0.1) is 19.7 Å². The second kappa shape index (κ2) is 4.60. The fourth-order valence-corrected chi connectivity index (χ4v) is 1.86. The maximum absolute atomic E-state index is 11.5. The second-order valence-electron chi connectivity index (χ2n) is 3.87. The van der Waals surface area contributed by atoms with Gasteiger partial charge in [-0.25, -0.2) is 0 Å². The Hall–Kier alpha value is -2.57. The van der Waals surface area contributed by atoms with Gasteiger partial charge in [-0.3, -0.25) is 9.59 Å². The van der Waals surface area contributed by atoms with E-state index in [0.717, 1.165) is 4.68 Å². The number of nitrogens with two attached hydrogens (primary N) is 1. The van der Waals surface area contributed by atoms with Gasteiger partial charge in [-0.1, -0.05) is 0 Å². The van der Waals surface area contributed by atoms with Crippen LogP contribution in [-0.2, 0) is 0 Å². The Morgan fingerprint density at radius 2 is 1.79 bits per heavy atom. The molecule has 19 heavy (non-hydrogen) atoms. The monoisotopic (exact) mass is 263 g/mol. The predicted molar refractivity (Wildman–Crippen MR) is 67.7 cm³/mol. The van der Waals surface area contributed by atoms with E-state index in [9.17, 15) is 9.59 Å². The summed E-state index contributed by atoms with van der Waals surface area (Å²) in [5, 5.41) is 4.37. The van der Waals surface area contributed by atoms with Crippen molar-refractivity contribution in [2.75, 3.05) is 14.2 Å². The zero-order valence-electron chi connectivity index (χ0n) is 10.8. The molecule has 7 nitrogen and oxygen atoms in total. The van der Waals surface area contributed by atoms with Crippen molar-refractivity contribution in [2.24, 2.45) is 5.73 Å². The van der Waals surface area contributed by atoms with Crippen molar-refractivity contribution < 1.29 is 19.1 Å². The third-order valence-electron chi connectivity index (χ3n) is 2.72. The molecule has 1 heterocycles. The maximum atomic E-state index is 11.5. The Bertz CT molecular complexity index is 619. The molecule has 0 bridgehead atoms. The van der Waals surface area contributed by atoms with E-state index in [4.69, 9.17) is 15.2 Å². The fourth-order valence-electron chi connectivity index (χ4n) is 1.86. The Labute approximate surface area is 108 Å². The van der Waals surface area contributed by atoms with E-state index in [2.05, 4.69) is 5.10 Å². The van der Waals surface area contributed by atoms with Crippen LogP contribution >= 0.6 is 0 Å². The topological polar surface area (TPSA) is 96.4 Å². The first-order valence-corrected chi connectivity index (χ1v) is 5.45. The molecule has 0 radical (unpaired) electrons. The number of primary amides is 1. The average molecular weight is 263 g/mol. The third kappa shape index (κ3) is 1.99. The van der Waals surface area contributed by atoms with Gasteiger partial charge in [-0.15, -0.1) is 0 Å². The molecule has 100 valence electrons. The van der Waals surface area contributed by atoms with Crippen LogP contribution in [0.5, 0.6) is 11.5 Å². The number of hydrogen-bond donors (Lipinski definition) is 1. The number of rotatable bonds is 3. The Balaban J connectivity index is 2.86. The van der Waals surface area contributed by atoms with Crippen molar-refractivity contribution in [2.45, 2.75) is 6.92 Å². The first-order chi connectivity index (χ1) is 8.99. The standard InChI is InChI=1S/C12H13N3O4/c1-6(16)15-8-5-10(19-3)9(18-2)4-7(8)11(14-15)12(13)17/h4-5H,1-3H3,(H2,13,17). The van der Waals surface area contributed by atoms with Gasteiger partial charge in [0.1, 0.15) is 0 Å². The quantitative estimate of drug-likeness (QED) is 0.884. The lowest BCUT2D eigenvalue weighted by atomic mass is 10.2. The first kappa shape index (κ1) is 12.9.